The number of likely N-dealkylation sites (N-methyl/N-ethyl adjacent to an activating group) is 1. The SMILES string of the molecule is CN(CC(=O)NC1CC1)C(=O)CCC(N)c1ccccc1. The van der Waals surface area contributed by atoms with Crippen LogP contribution in [-0.4, -0.2) is 36.3 Å². The largest absolute Gasteiger partial charge is 0.352 e. The van der Waals surface area contributed by atoms with Crippen LogP contribution in [0, 0.1) is 0 Å². The first-order valence-corrected chi connectivity index (χ1v) is 7.40. The van der Waals surface area contributed by atoms with Gasteiger partial charge >= 0.3 is 0 Å². The van der Waals surface area contributed by atoms with Crippen LogP contribution in [0.1, 0.15) is 37.3 Å². The minimum Gasteiger partial charge on any atom is -0.352 e. The molecule has 0 bridgehead atoms. The molecule has 1 fully saturated rings. The molecule has 1 aromatic rings. The zero-order chi connectivity index (χ0) is 15.2. The van der Waals surface area contributed by atoms with Crippen LogP contribution >= 0.6 is 0 Å². The molecule has 2 rings (SSSR count). The highest BCUT2D eigenvalue weighted by molar-refractivity contribution is 5.84. The summed E-state index contributed by atoms with van der Waals surface area (Å²) >= 11 is 0. The summed E-state index contributed by atoms with van der Waals surface area (Å²) in [6, 6.07) is 9.91. The highest BCUT2D eigenvalue weighted by Gasteiger charge is 2.24. The molecule has 2 amide bonds. The third kappa shape index (κ3) is 5.19. The first-order valence-electron chi connectivity index (χ1n) is 7.40. The van der Waals surface area contributed by atoms with Gasteiger partial charge in [-0.15, -0.1) is 0 Å². The van der Waals surface area contributed by atoms with Crippen molar-refractivity contribution in [3.05, 3.63) is 35.9 Å². The van der Waals surface area contributed by atoms with E-state index >= 15 is 0 Å². The van der Waals surface area contributed by atoms with Gasteiger partial charge in [-0.1, -0.05) is 30.3 Å². The van der Waals surface area contributed by atoms with Crippen molar-refractivity contribution >= 4 is 11.8 Å². The van der Waals surface area contributed by atoms with Gasteiger partial charge in [0.1, 0.15) is 0 Å². The summed E-state index contributed by atoms with van der Waals surface area (Å²) in [5, 5.41) is 2.87. The Morgan fingerprint density at radius 3 is 2.62 bits per heavy atom. The third-order valence-corrected chi connectivity index (χ3v) is 3.65. The number of nitrogens with two attached hydrogens (primary N) is 1. The number of carbonyl (C=O) groups is 2. The maximum Gasteiger partial charge on any atom is 0.239 e. The highest BCUT2D eigenvalue weighted by atomic mass is 16.2. The van der Waals surface area contributed by atoms with Gasteiger partial charge in [-0.3, -0.25) is 9.59 Å². The van der Waals surface area contributed by atoms with E-state index in [4.69, 9.17) is 5.73 Å². The van der Waals surface area contributed by atoms with Crippen LogP contribution in [0.2, 0.25) is 0 Å². The number of benzene rings is 1. The third-order valence-electron chi connectivity index (χ3n) is 3.65. The maximum atomic E-state index is 12.0. The molecule has 3 N–H and O–H groups in total. The molecular weight excluding hydrogens is 266 g/mol. The van der Waals surface area contributed by atoms with Gasteiger partial charge in [0.15, 0.2) is 0 Å². The van der Waals surface area contributed by atoms with Gasteiger partial charge in [-0.2, -0.15) is 0 Å². The standard InChI is InChI=1S/C16H23N3O2/c1-19(11-15(20)18-13-7-8-13)16(21)10-9-14(17)12-5-3-2-4-6-12/h2-6,13-14H,7-11,17H2,1H3,(H,18,20). The Morgan fingerprint density at radius 1 is 1.33 bits per heavy atom. The molecule has 0 heterocycles. The summed E-state index contributed by atoms with van der Waals surface area (Å²) in [6.07, 6.45) is 3.03. The predicted octanol–water partition coefficient (Wildman–Crippen LogP) is 1.20. The zero-order valence-corrected chi connectivity index (χ0v) is 12.4. The summed E-state index contributed by atoms with van der Waals surface area (Å²) in [5.41, 5.74) is 7.10. The van der Waals surface area contributed by atoms with E-state index in [1.54, 1.807) is 7.05 Å². The molecule has 1 aliphatic carbocycles. The molecule has 0 saturated heterocycles. The van der Waals surface area contributed by atoms with Crippen molar-refractivity contribution in [2.24, 2.45) is 5.73 Å². The van der Waals surface area contributed by atoms with Crippen LogP contribution in [0.15, 0.2) is 30.3 Å². The van der Waals surface area contributed by atoms with Crippen LogP contribution in [-0.2, 0) is 9.59 Å². The molecular formula is C16H23N3O2. The molecule has 0 aromatic heterocycles. The molecule has 0 spiro atoms. The van der Waals surface area contributed by atoms with E-state index in [-0.39, 0.29) is 24.4 Å². The Bertz CT molecular complexity index is 486. The number of nitrogens with zero attached hydrogens (tertiary/aromatic N) is 1. The molecule has 0 radical (unpaired) electrons. The molecule has 1 atom stereocenters. The molecule has 1 aromatic carbocycles. The van der Waals surface area contributed by atoms with Crippen molar-refractivity contribution in [2.75, 3.05) is 13.6 Å². The van der Waals surface area contributed by atoms with E-state index in [9.17, 15) is 9.59 Å². The van der Waals surface area contributed by atoms with E-state index in [0.717, 1.165) is 18.4 Å². The Kier molecular flexibility index (Phi) is 5.33. The minimum absolute atomic E-state index is 0.0488. The molecule has 5 heteroatoms. The van der Waals surface area contributed by atoms with Gasteiger partial charge in [0.05, 0.1) is 6.54 Å². The molecule has 114 valence electrons. The lowest BCUT2D eigenvalue weighted by atomic mass is 10.0. The van der Waals surface area contributed by atoms with Crippen LogP contribution in [0.4, 0.5) is 0 Å². The van der Waals surface area contributed by atoms with Crippen LogP contribution < -0.4 is 11.1 Å². The summed E-state index contributed by atoms with van der Waals surface area (Å²) in [4.78, 5) is 25.1. The highest BCUT2D eigenvalue weighted by Crippen LogP contribution is 2.18. The monoisotopic (exact) mass is 289 g/mol. The lowest BCUT2D eigenvalue weighted by Crippen LogP contribution is -2.39. The van der Waals surface area contributed by atoms with E-state index in [0.29, 0.717) is 18.9 Å². The number of nitrogens with one attached hydrogen (secondary N) is 1. The van der Waals surface area contributed by atoms with Gasteiger partial charge in [0.2, 0.25) is 11.8 Å². The van der Waals surface area contributed by atoms with Crippen LogP contribution in [0.5, 0.6) is 0 Å². The van der Waals surface area contributed by atoms with Gasteiger partial charge in [-0.05, 0) is 24.8 Å². The fourth-order valence-corrected chi connectivity index (χ4v) is 2.14. The second-order valence-corrected chi connectivity index (χ2v) is 5.65. The molecule has 1 unspecified atom stereocenters. The van der Waals surface area contributed by atoms with Gasteiger partial charge < -0.3 is 16.0 Å². The average Bonchev–Trinajstić information content (AvgIpc) is 3.28. The van der Waals surface area contributed by atoms with Crippen LogP contribution in [0.25, 0.3) is 0 Å². The smallest absolute Gasteiger partial charge is 0.239 e. The van der Waals surface area contributed by atoms with Crippen molar-refractivity contribution in [3.63, 3.8) is 0 Å². The normalized spacial score (nSPS) is 15.3. The molecule has 0 aliphatic heterocycles. The molecule has 1 saturated carbocycles. The fourth-order valence-electron chi connectivity index (χ4n) is 2.14. The Balaban J connectivity index is 1.71. The number of carbonyl (C=O) groups excluding carboxylic acids is 2. The quantitative estimate of drug-likeness (QED) is 0.792. The first kappa shape index (κ1) is 15.5. The second-order valence-electron chi connectivity index (χ2n) is 5.65. The van der Waals surface area contributed by atoms with Crippen molar-refractivity contribution in [1.29, 1.82) is 0 Å². The maximum absolute atomic E-state index is 12.0. The van der Waals surface area contributed by atoms with E-state index in [1.165, 1.54) is 4.90 Å². The molecule has 5 nitrogen and oxygen atoms in total. The van der Waals surface area contributed by atoms with E-state index in [2.05, 4.69) is 5.32 Å². The Labute approximate surface area is 125 Å². The topological polar surface area (TPSA) is 75.4 Å². The number of amides is 2. The summed E-state index contributed by atoms with van der Waals surface area (Å²) in [6.45, 7) is 0.121. The molecule has 21 heavy (non-hydrogen) atoms. The summed E-state index contributed by atoms with van der Waals surface area (Å²) < 4.78 is 0. The summed E-state index contributed by atoms with van der Waals surface area (Å²) in [5.74, 6) is -0.131. The second kappa shape index (κ2) is 7.22. The predicted molar refractivity (Wildman–Crippen MR) is 81.4 cm³/mol. The fraction of sp³-hybridized carbons (Fsp3) is 0.500. The van der Waals surface area contributed by atoms with Crippen molar-refractivity contribution in [3.8, 4) is 0 Å². The minimum atomic E-state index is -0.149. The van der Waals surface area contributed by atoms with Crippen molar-refractivity contribution < 1.29 is 9.59 Å². The number of rotatable bonds is 7. The molecule has 1 aliphatic rings. The van der Waals surface area contributed by atoms with Crippen molar-refractivity contribution in [2.45, 2.75) is 37.8 Å². The van der Waals surface area contributed by atoms with Gasteiger partial charge in [0.25, 0.3) is 0 Å². The Morgan fingerprint density at radius 2 is 2.00 bits per heavy atom. The number of hydrogen-bond donors (Lipinski definition) is 2. The van der Waals surface area contributed by atoms with Gasteiger partial charge in [-0.25, -0.2) is 0 Å². The van der Waals surface area contributed by atoms with Gasteiger partial charge in [0, 0.05) is 25.6 Å². The first-order chi connectivity index (χ1) is 10.1. The van der Waals surface area contributed by atoms with E-state index in [1.807, 2.05) is 30.3 Å². The van der Waals surface area contributed by atoms with Crippen molar-refractivity contribution in [1.82, 2.24) is 10.2 Å². The lowest BCUT2D eigenvalue weighted by molar-refractivity contribution is -0.134. The summed E-state index contributed by atoms with van der Waals surface area (Å²) in [7, 11) is 1.66. The lowest BCUT2D eigenvalue weighted by Gasteiger charge is -2.18. The zero-order valence-electron chi connectivity index (χ0n) is 12.4. The Hall–Kier alpha value is -1.88. The average molecular weight is 289 g/mol. The van der Waals surface area contributed by atoms with Crippen LogP contribution in [0.3, 0.4) is 0 Å². The number of hydrogen-bond acceptors (Lipinski definition) is 3. The van der Waals surface area contributed by atoms with E-state index < -0.39 is 0 Å².